The molecule has 1 fully saturated rings. The summed E-state index contributed by atoms with van der Waals surface area (Å²) in [7, 11) is 0. The molecule has 0 aliphatic carbocycles. The van der Waals surface area contributed by atoms with Crippen molar-refractivity contribution in [3.05, 3.63) is 12.2 Å². The summed E-state index contributed by atoms with van der Waals surface area (Å²) < 4.78 is 11.6. The fourth-order valence-electron chi connectivity index (χ4n) is 2.09. The summed E-state index contributed by atoms with van der Waals surface area (Å²) in [5.74, 6) is -0.162. The Morgan fingerprint density at radius 3 is 2.61 bits per heavy atom. The van der Waals surface area contributed by atoms with Crippen LogP contribution in [0.25, 0.3) is 0 Å². The molecule has 104 valence electrons. The molecule has 0 spiro atoms. The predicted molar refractivity (Wildman–Crippen MR) is 72.3 cm³/mol. The van der Waals surface area contributed by atoms with Crippen LogP contribution in [0.3, 0.4) is 0 Å². The van der Waals surface area contributed by atoms with Crippen LogP contribution in [0.15, 0.2) is 12.2 Å². The number of rotatable bonds is 5. The van der Waals surface area contributed by atoms with Gasteiger partial charge in [-0.25, -0.2) is 0 Å². The van der Waals surface area contributed by atoms with E-state index in [0.29, 0.717) is 6.42 Å². The highest BCUT2D eigenvalue weighted by atomic mass is 16.7. The number of hydrogen-bond acceptors (Lipinski definition) is 3. The van der Waals surface area contributed by atoms with Crippen molar-refractivity contribution in [2.75, 3.05) is 0 Å². The first kappa shape index (κ1) is 15.4. The predicted octanol–water partition coefficient (Wildman–Crippen LogP) is 3.48. The number of Topliss-reactive ketones (excluding diaryl/α,β-unsaturated/α-hetero) is 1. The average Bonchev–Trinajstić information content (AvgIpc) is 2.26. The van der Waals surface area contributed by atoms with Gasteiger partial charge in [-0.3, -0.25) is 4.79 Å². The molecule has 0 unspecified atom stereocenters. The van der Waals surface area contributed by atoms with E-state index in [9.17, 15) is 4.79 Å². The Bertz CT molecular complexity index is 305. The van der Waals surface area contributed by atoms with E-state index in [1.54, 1.807) is 0 Å². The average molecular weight is 254 g/mol. The normalized spacial score (nSPS) is 27.9. The van der Waals surface area contributed by atoms with Crippen molar-refractivity contribution in [2.45, 2.75) is 71.9 Å². The highest BCUT2D eigenvalue weighted by Gasteiger charge is 2.33. The third-order valence-corrected chi connectivity index (χ3v) is 3.15. The molecule has 0 bridgehead atoms. The molecular formula is C15H26O3. The van der Waals surface area contributed by atoms with Gasteiger partial charge in [0.2, 0.25) is 0 Å². The van der Waals surface area contributed by atoms with E-state index >= 15 is 0 Å². The lowest BCUT2D eigenvalue weighted by Gasteiger charge is -2.39. The van der Waals surface area contributed by atoms with Crippen LogP contribution in [0.2, 0.25) is 0 Å². The van der Waals surface area contributed by atoms with Crippen molar-refractivity contribution in [3.8, 4) is 0 Å². The quantitative estimate of drug-likeness (QED) is 0.705. The Labute approximate surface area is 111 Å². The lowest BCUT2D eigenvalue weighted by atomic mass is 10.0. The lowest BCUT2D eigenvalue weighted by Crippen LogP contribution is -2.43. The Morgan fingerprint density at radius 1 is 1.39 bits per heavy atom. The topological polar surface area (TPSA) is 35.5 Å². The molecule has 0 amide bonds. The molecule has 0 saturated carbocycles. The van der Waals surface area contributed by atoms with Crippen LogP contribution in [-0.4, -0.2) is 23.8 Å². The van der Waals surface area contributed by atoms with Gasteiger partial charge in [-0.2, -0.15) is 0 Å². The molecule has 1 aliphatic rings. The van der Waals surface area contributed by atoms with E-state index < -0.39 is 5.79 Å². The zero-order valence-electron chi connectivity index (χ0n) is 12.2. The van der Waals surface area contributed by atoms with Crippen molar-refractivity contribution in [1.82, 2.24) is 0 Å². The van der Waals surface area contributed by atoms with Gasteiger partial charge < -0.3 is 9.47 Å². The van der Waals surface area contributed by atoms with Crippen LogP contribution in [0.5, 0.6) is 0 Å². The van der Waals surface area contributed by atoms with Crippen LogP contribution < -0.4 is 0 Å². The van der Waals surface area contributed by atoms with E-state index in [4.69, 9.17) is 9.47 Å². The molecule has 1 saturated heterocycles. The van der Waals surface area contributed by atoms with Crippen LogP contribution in [-0.2, 0) is 14.3 Å². The number of hydrogen-bond donors (Lipinski definition) is 0. The molecule has 0 radical (unpaired) electrons. The van der Waals surface area contributed by atoms with Gasteiger partial charge in [0.1, 0.15) is 5.78 Å². The molecule has 0 aromatic heterocycles. The first-order valence-corrected chi connectivity index (χ1v) is 6.89. The summed E-state index contributed by atoms with van der Waals surface area (Å²) in [4.78, 5) is 11.5. The minimum Gasteiger partial charge on any atom is -0.347 e. The molecule has 0 N–H and O–H groups in total. The molecule has 0 aromatic rings. The summed E-state index contributed by atoms with van der Waals surface area (Å²) in [5, 5.41) is 0. The highest BCUT2D eigenvalue weighted by molar-refractivity contribution is 5.81. The van der Waals surface area contributed by atoms with Crippen LogP contribution in [0.4, 0.5) is 0 Å². The van der Waals surface area contributed by atoms with Gasteiger partial charge in [0.25, 0.3) is 0 Å². The molecular weight excluding hydrogens is 228 g/mol. The van der Waals surface area contributed by atoms with E-state index in [-0.39, 0.29) is 23.9 Å². The summed E-state index contributed by atoms with van der Waals surface area (Å²) in [5.41, 5.74) is 0. The monoisotopic (exact) mass is 254 g/mol. The SMILES string of the molecule is CC[C@H]1C[C@@H](/C=C/CC(=O)C(C)C)OC(C)(C)O1. The molecule has 1 aliphatic heterocycles. The highest BCUT2D eigenvalue weighted by Crippen LogP contribution is 2.28. The maximum absolute atomic E-state index is 11.5. The van der Waals surface area contributed by atoms with E-state index in [0.717, 1.165) is 12.8 Å². The maximum Gasteiger partial charge on any atom is 0.163 e. The van der Waals surface area contributed by atoms with Gasteiger partial charge >= 0.3 is 0 Å². The summed E-state index contributed by atoms with van der Waals surface area (Å²) in [6.45, 7) is 9.85. The molecule has 1 rings (SSSR count). The van der Waals surface area contributed by atoms with Crippen molar-refractivity contribution >= 4 is 5.78 Å². The number of allylic oxidation sites excluding steroid dienone is 1. The Hall–Kier alpha value is -0.670. The number of carbonyl (C=O) groups excluding carboxylic acids is 1. The van der Waals surface area contributed by atoms with Crippen LogP contribution in [0.1, 0.15) is 53.9 Å². The minimum atomic E-state index is -0.532. The van der Waals surface area contributed by atoms with Crippen molar-refractivity contribution < 1.29 is 14.3 Å². The zero-order chi connectivity index (χ0) is 13.8. The number of ketones is 1. The number of carbonyl (C=O) groups is 1. The van der Waals surface area contributed by atoms with E-state index in [2.05, 4.69) is 6.92 Å². The van der Waals surface area contributed by atoms with Crippen LogP contribution in [0, 0.1) is 5.92 Å². The summed E-state index contributed by atoms with van der Waals surface area (Å²) >= 11 is 0. The summed E-state index contributed by atoms with van der Waals surface area (Å²) in [6, 6.07) is 0. The summed E-state index contributed by atoms with van der Waals surface area (Å²) in [6.07, 6.45) is 6.58. The van der Waals surface area contributed by atoms with Crippen molar-refractivity contribution in [1.29, 1.82) is 0 Å². The largest absolute Gasteiger partial charge is 0.347 e. The molecule has 1 heterocycles. The second kappa shape index (κ2) is 6.48. The van der Waals surface area contributed by atoms with Crippen molar-refractivity contribution in [2.24, 2.45) is 5.92 Å². The molecule has 2 atom stereocenters. The first-order valence-electron chi connectivity index (χ1n) is 6.89. The minimum absolute atomic E-state index is 0.0543. The third kappa shape index (κ3) is 4.91. The van der Waals surface area contributed by atoms with Crippen LogP contribution >= 0.6 is 0 Å². The third-order valence-electron chi connectivity index (χ3n) is 3.15. The first-order chi connectivity index (χ1) is 8.34. The van der Waals surface area contributed by atoms with E-state index in [1.807, 2.05) is 39.8 Å². The lowest BCUT2D eigenvalue weighted by molar-refractivity contribution is -0.290. The smallest absolute Gasteiger partial charge is 0.163 e. The Morgan fingerprint density at radius 2 is 2.06 bits per heavy atom. The Balaban J connectivity index is 2.50. The molecule has 3 nitrogen and oxygen atoms in total. The maximum atomic E-state index is 11.5. The molecule has 0 aromatic carbocycles. The van der Waals surface area contributed by atoms with Gasteiger partial charge in [-0.1, -0.05) is 32.9 Å². The fourth-order valence-corrected chi connectivity index (χ4v) is 2.09. The van der Waals surface area contributed by atoms with Gasteiger partial charge in [-0.05, 0) is 20.3 Å². The Kier molecular flexibility index (Phi) is 5.54. The second-order valence-corrected chi connectivity index (χ2v) is 5.69. The van der Waals surface area contributed by atoms with Gasteiger partial charge in [0.05, 0.1) is 12.2 Å². The fraction of sp³-hybridized carbons (Fsp3) is 0.800. The number of ether oxygens (including phenoxy) is 2. The molecule has 18 heavy (non-hydrogen) atoms. The van der Waals surface area contributed by atoms with Gasteiger partial charge in [0.15, 0.2) is 5.79 Å². The van der Waals surface area contributed by atoms with Crippen molar-refractivity contribution in [3.63, 3.8) is 0 Å². The van der Waals surface area contributed by atoms with E-state index in [1.165, 1.54) is 0 Å². The van der Waals surface area contributed by atoms with Gasteiger partial charge in [-0.15, -0.1) is 0 Å². The second-order valence-electron chi connectivity index (χ2n) is 5.69. The standard InChI is InChI=1S/C15H26O3/c1-6-12-10-13(18-15(4,5)17-12)8-7-9-14(16)11(2)3/h7-8,11-13H,6,9-10H2,1-5H3/b8-7+/t12-,13+/m0/s1. The zero-order valence-corrected chi connectivity index (χ0v) is 12.2. The molecule has 3 heteroatoms. The van der Waals surface area contributed by atoms with Gasteiger partial charge in [0, 0.05) is 18.8 Å².